The molecule has 1 aromatic carbocycles. The second kappa shape index (κ2) is 9.32. The summed E-state index contributed by atoms with van der Waals surface area (Å²) in [7, 11) is 0. The summed E-state index contributed by atoms with van der Waals surface area (Å²) < 4.78 is 12.4. The highest BCUT2D eigenvalue weighted by Crippen LogP contribution is 2.36. The minimum absolute atomic E-state index is 0.207. The third-order valence-electron chi connectivity index (χ3n) is 4.37. The summed E-state index contributed by atoms with van der Waals surface area (Å²) in [4.78, 5) is 30.1. The summed E-state index contributed by atoms with van der Waals surface area (Å²) in [6, 6.07) is 5.22. The molecule has 0 saturated heterocycles. The van der Waals surface area contributed by atoms with Gasteiger partial charge < -0.3 is 20.5 Å². The molecular formula is C22H26N4O4S. The number of hydrogen-bond acceptors (Lipinski definition) is 6. The number of carbonyl (C=O) groups is 2. The Labute approximate surface area is 184 Å². The molecule has 3 N–H and O–H groups in total. The van der Waals surface area contributed by atoms with Gasteiger partial charge in [0, 0.05) is 30.0 Å². The third kappa shape index (κ3) is 5.71. The van der Waals surface area contributed by atoms with Crippen LogP contribution >= 0.6 is 11.3 Å². The van der Waals surface area contributed by atoms with Gasteiger partial charge >= 0.3 is 6.09 Å². The van der Waals surface area contributed by atoms with Gasteiger partial charge in [-0.1, -0.05) is 44.2 Å². The Morgan fingerprint density at radius 2 is 2.06 bits per heavy atom. The highest BCUT2D eigenvalue weighted by Gasteiger charge is 2.22. The van der Waals surface area contributed by atoms with Crippen LogP contribution in [-0.4, -0.2) is 28.0 Å². The van der Waals surface area contributed by atoms with Crippen LogP contribution in [-0.2, 0) is 21.6 Å². The highest BCUT2D eigenvalue weighted by molar-refractivity contribution is 7.17. The van der Waals surface area contributed by atoms with Crippen LogP contribution in [0.3, 0.4) is 0 Å². The zero-order valence-corrected chi connectivity index (χ0v) is 18.8. The van der Waals surface area contributed by atoms with Gasteiger partial charge in [-0.05, 0) is 30.0 Å². The van der Waals surface area contributed by atoms with Gasteiger partial charge in [0.2, 0.25) is 5.91 Å². The number of para-hydroxylation sites is 1. The summed E-state index contributed by atoms with van der Waals surface area (Å²) in [6.07, 6.45) is 6.01. The molecule has 0 saturated carbocycles. The first-order valence-electron chi connectivity index (χ1n) is 9.82. The molecule has 164 valence electrons. The summed E-state index contributed by atoms with van der Waals surface area (Å²) in [6.45, 7) is 9.06. The van der Waals surface area contributed by atoms with E-state index in [9.17, 15) is 9.59 Å². The standard InChI is InChI=1S/C22H26N4O4S/c1-5-29-13-14-11-26-12-15(31-21(26)24-14)9-10-18(27)25-19-16(22(2,3)4)7-6-8-17(19)30-20(23)28/h6-12H,5,13H2,1-4H3,(H2,23,28)(H,25,27). The predicted octanol–water partition coefficient (Wildman–Crippen LogP) is 4.34. The molecule has 0 fully saturated rings. The van der Waals surface area contributed by atoms with Crippen LogP contribution in [0.5, 0.6) is 5.75 Å². The molecule has 0 atom stereocenters. The van der Waals surface area contributed by atoms with Gasteiger partial charge in [0.25, 0.3) is 0 Å². The first kappa shape index (κ1) is 22.5. The maximum Gasteiger partial charge on any atom is 0.410 e. The zero-order chi connectivity index (χ0) is 22.6. The first-order chi connectivity index (χ1) is 14.7. The molecule has 0 bridgehead atoms. The number of fused-ring (bicyclic) bond motifs is 1. The Morgan fingerprint density at radius 3 is 2.71 bits per heavy atom. The summed E-state index contributed by atoms with van der Waals surface area (Å²) in [5, 5.41) is 2.83. The summed E-state index contributed by atoms with van der Waals surface area (Å²) in [5.41, 5.74) is 7.00. The van der Waals surface area contributed by atoms with Crippen LogP contribution in [0.4, 0.5) is 10.5 Å². The normalized spacial score (nSPS) is 11.9. The Hall–Kier alpha value is -3.17. The molecule has 0 radical (unpaired) electrons. The van der Waals surface area contributed by atoms with Gasteiger partial charge in [-0.25, -0.2) is 9.78 Å². The van der Waals surface area contributed by atoms with Crippen LogP contribution in [0.15, 0.2) is 36.7 Å². The maximum atomic E-state index is 12.6. The molecule has 31 heavy (non-hydrogen) atoms. The van der Waals surface area contributed by atoms with Crippen molar-refractivity contribution in [3.05, 3.63) is 52.8 Å². The highest BCUT2D eigenvalue weighted by atomic mass is 32.1. The lowest BCUT2D eigenvalue weighted by atomic mass is 9.85. The van der Waals surface area contributed by atoms with Gasteiger partial charge in [0.1, 0.15) is 0 Å². The van der Waals surface area contributed by atoms with Crippen LogP contribution in [0.2, 0.25) is 0 Å². The van der Waals surface area contributed by atoms with E-state index < -0.39 is 6.09 Å². The fourth-order valence-electron chi connectivity index (χ4n) is 3.02. The molecule has 3 rings (SSSR count). The van der Waals surface area contributed by atoms with Crippen molar-refractivity contribution in [3.8, 4) is 5.75 Å². The number of nitrogens with one attached hydrogen (secondary N) is 1. The van der Waals surface area contributed by atoms with Gasteiger partial charge in [0.15, 0.2) is 10.7 Å². The molecule has 0 aliphatic heterocycles. The zero-order valence-electron chi connectivity index (χ0n) is 18.0. The van der Waals surface area contributed by atoms with Gasteiger partial charge in [-0.3, -0.25) is 9.20 Å². The van der Waals surface area contributed by atoms with E-state index in [2.05, 4.69) is 10.3 Å². The fourth-order valence-corrected chi connectivity index (χ4v) is 3.90. The molecule has 2 amide bonds. The van der Waals surface area contributed by atoms with Crippen LogP contribution in [0.1, 0.15) is 43.8 Å². The van der Waals surface area contributed by atoms with Crippen LogP contribution in [0.25, 0.3) is 11.0 Å². The number of carbonyl (C=O) groups excluding carboxylic acids is 2. The molecule has 0 aliphatic carbocycles. The lowest BCUT2D eigenvalue weighted by Gasteiger charge is -2.24. The van der Waals surface area contributed by atoms with E-state index in [0.29, 0.717) is 18.9 Å². The number of nitrogens with two attached hydrogens (primary N) is 1. The van der Waals surface area contributed by atoms with Gasteiger partial charge in [-0.15, -0.1) is 0 Å². The van der Waals surface area contributed by atoms with Crippen LogP contribution < -0.4 is 15.8 Å². The Kier molecular flexibility index (Phi) is 6.77. The summed E-state index contributed by atoms with van der Waals surface area (Å²) in [5.74, 6) is -0.146. The van der Waals surface area contributed by atoms with E-state index in [0.717, 1.165) is 21.1 Å². The van der Waals surface area contributed by atoms with E-state index in [1.807, 2.05) is 50.6 Å². The number of thiazole rings is 1. The molecule has 0 spiro atoms. The minimum Gasteiger partial charge on any atom is -0.408 e. The average Bonchev–Trinajstić information content (AvgIpc) is 3.23. The quantitative estimate of drug-likeness (QED) is 0.529. The number of nitrogens with zero attached hydrogens (tertiary/aromatic N) is 2. The maximum absolute atomic E-state index is 12.6. The number of imidazole rings is 1. The van der Waals surface area contributed by atoms with E-state index in [4.69, 9.17) is 15.2 Å². The van der Waals surface area contributed by atoms with Crippen molar-refractivity contribution in [2.45, 2.75) is 39.7 Å². The number of rotatable bonds is 7. The van der Waals surface area contributed by atoms with E-state index >= 15 is 0 Å². The largest absolute Gasteiger partial charge is 0.410 e. The number of aromatic nitrogens is 2. The minimum atomic E-state index is -0.942. The predicted molar refractivity (Wildman–Crippen MR) is 121 cm³/mol. The molecular weight excluding hydrogens is 416 g/mol. The van der Waals surface area contributed by atoms with Crippen molar-refractivity contribution in [1.29, 1.82) is 0 Å². The van der Waals surface area contributed by atoms with Crippen molar-refractivity contribution in [3.63, 3.8) is 0 Å². The average molecular weight is 443 g/mol. The van der Waals surface area contributed by atoms with Crippen LogP contribution in [0, 0.1) is 0 Å². The second-order valence-corrected chi connectivity index (χ2v) is 8.91. The number of benzene rings is 1. The SMILES string of the molecule is CCOCc1cn2cc(C=CC(=O)Nc3c(OC(N)=O)cccc3C(C)(C)C)sc2n1. The van der Waals surface area contributed by atoms with Gasteiger partial charge in [-0.2, -0.15) is 0 Å². The van der Waals surface area contributed by atoms with Crippen molar-refractivity contribution in [2.75, 3.05) is 11.9 Å². The number of amides is 2. The molecule has 8 nitrogen and oxygen atoms in total. The second-order valence-electron chi connectivity index (χ2n) is 7.87. The first-order valence-corrected chi connectivity index (χ1v) is 10.6. The lowest BCUT2D eigenvalue weighted by molar-refractivity contribution is -0.111. The van der Waals surface area contributed by atoms with Crippen molar-refractivity contribution < 1.29 is 19.1 Å². The topological polar surface area (TPSA) is 108 Å². The van der Waals surface area contributed by atoms with Crippen molar-refractivity contribution in [2.24, 2.45) is 5.73 Å². The molecule has 3 aromatic rings. The van der Waals surface area contributed by atoms with E-state index in [1.165, 1.54) is 17.4 Å². The Bertz CT molecular complexity index is 1090. The smallest absolute Gasteiger partial charge is 0.408 e. The molecule has 2 heterocycles. The fraction of sp³-hybridized carbons (Fsp3) is 0.318. The van der Waals surface area contributed by atoms with E-state index in [1.54, 1.807) is 18.2 Å². The molecule has 0 unspecified atom stereocenters. The number of primary amides is 1. The summed E-state index contributed by atoms with van der Waals surface area (Å²) >= 11 is 1.46. The van der Waals surface area contributed by atoms with E-state index in [-0.39, 0.29) is 17.1 Å². The monoisotopic (exact) mass is 442 g/mol. The number of hydrogen-bond donors (Lipinski definition) is 2. The van der Waals surface area contributed by atoms with Gasteiger partial charge in [0.05, 0.1) is 18.0 Å². The number of ether oxygens (including phenoxy) is 2. The number of anilines is 1. The van der Waals surface area contributed by atoms with Crippen molar-refractivity contribution >= 4 is 40.1 Å². The molecule has 2 aromatic heterocycles. The van der Waals surface area contributed by atoms with Crippen molar-refractivity contribution in [1.82, 2.24) is 9.38 Å². The lowest BCUT2D eigenvalue weighted by Crippen LogP contribution is -2.21. The Morgan fingerprint density at radius 1 is 1.29 bits per heavy atom. The molecule has 0 aliphatic rings. The third-order valence-corrected chi connectivity index (χ3v) is 5.33. The molecule has 9 heteroatoms. The Balaban J connectivity index is 1.78.